The molecular weight excluding hydrogens is 482 g/mol. The molecule has 7 nitrogen and oxygen atoms in total. The number of nitrogens with two attached hydrogens (primary N) is 2. The second-order valence-electron chi connectivity index (χ2n) is 9.69. The maximum atomic E-state index is 7.12. The highest BCUT2D eigenvalue weighted by Crippen LogP contribution is 2.30. The van der Waals surface area contributed by atoms with Crippen LogP contribution in [0.5, 0.6) is 0 Å². The van der Waals surface area contributed by atoms with Crippen molar-refractivity contribution in [2.75, 3.05) is 20.6 Å². The average Bonchev–Trinajstić information content (AvgIpc) is 2.84. The number of aryl methyl sites for hydroxylation is 1. The van der Waals surface area contributed by atoms with Crippen LogP contribution in [0.2, 0.25) is 5.02 Å². The molecule has 1 fully saturated rings. The van der Waals surface area contributed by atoms with Crippen molar-refractivity contribution in [2.24, 2.45) is 16.6 Å². The van der Waals surface area contributed by atoms with Gasteiger partial charge < -0.3 is 27.1 Å². The first-order valence-corrected chi connectivity index (χ1v) is 12.9. The zero-order valence-corrected chi connectivity index (χ0v) is 23.4. The van der Waals surface area contributed by atoms with Crippen LogP contribution in [0.25, 0.3) is 5.57 Å². The molecule has 0 radical (unpaired) electrons. The SMILES string of the molecule is C=C(N/C(=C/N(C)CC1(N)CCCCC1)C(=CC)c1cc(Cl)ccc1C)C(=C)/C(N)=N\N(C)/C=C\C=N. The van der Waals surface area contributed by atoms with Crippen molar-refractivity contribution >= 4 is 29.2 Å². The number of likely N-dealkylation sites (N-methyl/N-ethyl adjacent to an activating group) is 1. The highest BCUT2D eigenvalue weighted by atomic mass is 35.5. The van der Waals surface area contributed by atoms with Crippen LogP contribution < -0.4 is 16.8 Å². The van der Waals surface area contributed by atoms with Gasteiger partial charge in [-0.05, 0) is 56.0 Å². The molecule has 2 rings (SSSR count). The molecule has 0 unspecified atom stereocenters. The summed E-state index contributed by atoms with van der Waals surface area (Å²) in [5.74, 6) is 0.214. The van der Waals surface area contributed by atoms with E-state index in [1.54, 1.807) is 19.3 Å². The lowest BCUT2D eigenvalue weighted by molar-refractivity contribution is 0.233. The van der Waals surface area contributed by atoms with Gasteiger partial charge >= 0.3 is 0 Å². The topological polar surface area (TPSA) is 107 Å². The molecule has 1 aromatic rings. The molecule has 1 aromatic carbocycles. The van der Waals surface area contributed by atoms with Gasteiger partial charge in [0.2, 0.25) is 0 Å². The Morgan fingerprint density at radius 1 is 1.24 bits per heavy atom. The second kappa shape index (κ2) is 13.9. The number of halogens is 1. The maximum absolute atomic E-state index is 7.12. The minimum absolute atomic E-state index is 0.205. The van der Waals surface area contributed by atoms with Gasteiger partial charge in [0.25, 0.3) is 0 Å². The summed E-state index contributed by atoms with van der Waals surface area (Å²) < 4.78 is 0. The summed E-state index contributed by atoms with van der Waals surface area (Å²) in [5.41, 5.74) is 17.6. The smallest absolute Gasteiger partial charge is 0.152 e. The number of nitrogens with one attached hydrogen (secondary N) is 2. The summed E-state index contributed by atoms with van der Waals surface area (Å²) >= 11 is 6.38. The number of benzene rings is 1. The van der Waals surface area contributed by atoms with Crippen LogP contribution in [0.3, 0.4) is 0 Å². The fourth-order valence-electron chi connectivity index (χ4n) is 4.51. The molecule has 1 aliphatic rings. The molecule has 37 heavy (non-hydrogen) atoms. The molecule has 200 valence electrons. The van der Waals surface area contributed by atoms with E-state index in [4.69, 9.17) is 28.5 Å². The van der Waals surface area contributed by atoms with Crippen molar-refractivity contribution in [1.29, 1.82) is 5.41 Å². The number of hydrogen-bond acceptors (Lipinski definition) is 6. The number of rotatable bonds is 12. The molecule has 0 saturated heterocycles. The minimum Gasteiger partial charge on any atom is -0.382 e. The lowest BCUT2D eigenvalue weighted by Crippen LogP contribution is -2.49. The summed E-state index contributed by atoms with van der Waals surface area (Å²) in [7, 11) is 3.77. The highest BCUT2D eigenvalue weighted by molar-refractivity contribution is 6.30. The zero-order valence-electron chi connectivity index (χ0n) is 22.6. The molecule has 0 bridgehead atoms. The van der Waals surface area contributed by atoms with Crippen molar-refractivity contribution in [3.05, 3.63) is 89.0 Å². The van der Waals surface area contributed by atoms with E-state index >= 15 is 0 Å². The minimum atomic E-state index is -0.205. The van der Waals surface area contributed by atoms with Crippen molar-refractivity contribution in [3.63, 3.8) is 0 Å². The molecule has 0 aliphatic heterocycles. The highest BCUT2D eigenvalue weighted by Gasteiger charge is 2.28. The maximum Gasteiger partial charge on any atom is 0.152 e. The van der Waals surface area contributed by atoms with Crippen LogP contribution in [0.1, 0.15) is 50.2 Å². The quantitative estimate of drug-likeness (QED) is 0.125. The number of allylic oxidation sites excluding steroid dienone is 3. The third kappa shape index (κ3) is 8.95. The van der Waals surface area contributed by atoms with E-state index in [0.29, 0.717) is 16.3 Å². The Hall–Kier alpha value is -3.29. The summed E-state index contributed by atoms with van der Waals surface area (Å²) in [6, 6.07) is 5.86. The van der Waals surface area contributed by atoms with Crippen LogP contribution in [0.4, 0.5) is 0 Å². The predicted molar refractivity (Wildman–Crippen MR) is 159 cm³/mol. The predicted octanol–water partition coefficient (Wildman–Crippen LogP) is 5.51. The van der Waals surface area contributed by atoms with Crippen LogP contribution >= 0.6 is 11.6 Å². The van der Waals surface area contributed by atoms with E-state index in [0.717, 1.165) is 41.8 Å². The van der Waals surface area contributed by atoms with E-state index in [1.165, 1.54) is 30.5 Å². The van der Waals surface area contributed by atoms with Gasteiger partial charge in [-0.1, -0.05) is 56.2 Å². The zero-order chi connectivity index (χ0) is 27.6. The Bertz CT molecular complexity index is 1110. The first-order valence-electron chi connectivity index (χ1n) is 12.5. The van der Waals surface area contributed by atoms with Gasteiger partial charge in [-0.25, -0.2) is 0 Å². The van der Waals surface area contributed by atoms with Gasteiger partial charge in [-0.2, -0.15) is 5.10 Å². The van der Waals surface area contributed by atoms with Crippen LogP contribution in [0.15, 0.2) is 78.0 Å². The summed E-state index contributed by atoms with van der Waals surface area (Å²) in [6.07, 6.45) is 14.1. The standard InChI is InChI=1S/C29H42ClN7/c1-7-25(26-18-24(30)13-12-21(26)2)27(19-36(5)20-29(33)14-9-8-10-15-29)34-23(4)22(3)28(32)35-37(6)17-11-16-31/h7,11-13,16-19,31,34H,3-4,8-10,14-15,20,33H2,1-2,5-6H3,(H2,32,35)/b17-11-,25-7?,27-19+,31-16?. The molecule has 0 aromatic heterocycles. The number of amidine groups is 1. The van der Waals surface area contributed by atoms with Crippen LogP contribution in [-0.4, -0.2) is 48.1 Å². The molecule has 0 amide bonds. The Labute approximate surface area is 227 Å². The molecule has 0 atom stereocenters. The summed E-state index contributed by atoms with van der Waals surface area (Å²) in [5, 5.41) is 17.0. The Morgan fingerprint density at radius 3 is 2.54 bits per heavy atom. The van der Waals surface area contributed by atoms with Gasteiger partial charge in [0.05, 0.1) is 5.70 Å². The number of nitrogens with zero attached hydrogens (tertiary/aromatic N) is 3. The Kier molecular flexibility index (Phi) is 11.2. The van der Waals surface area contributed by atoms with Gasteiger partial charge in [-0.15, -0.1) is 0 Å². The van der Waals surface area contributed by atoms with Crippen molar-refractivity contribution in [2.45, 2.75) is 51.5 Å². The monoisotopic (exact) mass is 523 g/mol. The fourth-order valence-corrected chi connectivity index (χ4v) is 4.68. The lowest BCUT2D eigenvalue weighted by Gasteiger charge is -2.37. The van der Waals surface area contributed by atoms with Gasteiger partial charge in [0.15, 0.2) is 5.84 Å². The van der Waals surface area contributed by atoms with E-state index in [2.05, 4.69) is 41.6 Å². The first-order chi connectivity index (χ1) is 17.5. The average molecular weight is 524 g/mol. The van der Waals surface area contributed by atoms with E-state index in [9.17, 15) is 0 Å². The van der Waals surface area contributed by atoms with E-state index < -0.39 is 0 Å². The summed E-state index contributed by atoms with van der Waals surface area (Å²) in [6.45, 7) is 13.1. The van der Waals surface area contributed by atoms with Gasteiger partial charge in [-0.3, -0.25) is 5.01 Å². The van der Waals surface area contributed by atoms with Gasteiger partial charge in [0, 0.05) is 66.7 Å². The van der Waals surface area contributed by atoms with E-state index in [-0.39, 0.29) is 11.4 Å². The molecule has 0 heterocycles. The van der Waals surface area contributed by atoms with Crippen molar-refractivity contribution in [3.8, 4) is 0 Å². The second-order valence-corrected chi connectivity index (χ2v) is 10.1. The van der Waals surface area contributed by atoms with E-state index in [1.807, 2.05) is 38.2 Å². The van der Waals surface area contributed by atoms with Crippen LogP contribution in [-0.2, 0) is 0 Å². The molecule has 8 heteroatoms. The Balaban J connectivity index is 2.40. The van der Waals surface area contributed by atoms with Crippen molar-refractivity contribution < 1.29 is 0 Å². The Morgan fingerprint density at radius 2 is 1.92 bits per heavy atom. The largest absolute Gasteiger partial charge is 0.382 e. The molecule has 1 aliphatic carbocycles. The molecule has 1 saturated carbocycles. The van der Waals surface area contributed by atoms with Crippen molar-refractivity contribution in [1.82, 2.24) is 15.2 Å². The normalized spacial score (nSPS) is 16.4. The summed E-state index contributed by atoms with van der Waals surface area (Å²) in [4.78, 5) is 2.14. The van der Waals surface area contributed by atoms with Crippen LogP contribution in [0, 0.1) is 12.3 Å². The molecule has 6 N–H and O–H groups in total. The molecule has 0 spiro atoms. The first kappa shape index (κ1) is 29.9. The van der Waals surface area contributed by atoms with Gasteiger partial charge in [0.1, 0.15) is 0 Å². The number of hydrazone groups is 1. The fraction of sp³-hybridized carbons (Fsp3) is 0.379. The third-order valence-corrected chi connectivity index (χ3v) is 6.69. The lowest BCUT2D eigenvalue weighted by atomic mass is 9.82. The molecular formula is C29H42ClN7. The number of hydrogen-bond donors (Lipinski definition) is 4. The third-order valence-electron chi connectivity index (χ3n) is 6.45.